The van der Waals surface area contributed by atoms with Crippen LogP contribution in [0.2, 0.25) is 0 Å². The van der Waals surface area contributed by atoms with Gasteiger partial charge in [0, 0.05) is 98.6 Å². The van der Waals surface area contributed by atoms with E-state index >= 15 is 0 Å². The molecule has 1 aromatic carbocycles. The standard InChI is InChI=1S/C66H98N6O12S2/c1-40(48-16-17-49-57-50(20-23-66(48,49)9)65(8)22-19-46(73)35-45(65)36-52(57)74)13-11-12-14-54(75)67-24-25-68-55(76)21-29-81-31-33-83-34-32-82-30-28-72(63(80)84-47-15-18-51-53(37-47)86-62(70-51)61-69-41(2)39-85-61)27-26-71(10)56(77)38-64(6,7)58-44(5)59(78)42(3)43(4)60(58)79/h15,18,37,40-41,45-46,48-50,52,57,73-74H,11-14,16-17,19-36,38-39H2,1-10H3,(H,67,75)(H,68,76)/t40-,41?,45+,46-,48-,49+,50+,52-,57+,65+,66-/m0/s1. The van der Waals surface area contributed by atoms with Crippen LogP contribution in [0.5, 0.6) is 5.75 Å². The molecule has 1 aliphatic heterocycles. The third kappa shape index (κ3) is 16.1. The fraction of sp³-hybridized carbons (Fsp3) is 0.727. The van der Waals surface area contributed by atoms with Crippen molar-refractivity contribution in [1.29, 1.82) is 0 Å². The van der Waals surface area contributed by atoms with Gasteiger partial charge in [0.25, 0.3) is 0 Å². The van der Waals surface area contributed by atoms with E-state index in [-0.39, 0.29) is 124 Å². The van der Waals surface area contributed by atoms with E-state index in [0.717, 1.165) is 71.0 Å². The van der Waals surface area contributed by atoms with Crippen LogP contribution in [-0.4, -0.2) is 169 Å². The third-order valence-electron chi connectivity index (χ3n) is 20.6. The molecule has 0 bridgehead atoms. The Hall–Kier alpha value is -4.57. The molecule has 4 saturated carbocycles. The van der Waals surface area contributed by atoms with Crippen LogP contribution in [0.25, 0.3) is 10.2 Å². The molecule has 4 fully saturated rings. The summed E-state index contributed by atoms with van der Waals surface area (Å²) in [6.07, 6.45) is 11.0. The number of allylic oxidation sites excluding steroid dienone is 4. The molecule has 86 heavy (non-hydrogen) atoms. The molecular weight excluding hydrogens is 1130 g/mol. The van der Waals surface area contributed by atoms with E-state index in [9.17, 15) is 39.0 Å². The van der Waals surface area contributed by atoms with Crippen LogP contribution in [0.4, 0.5) is 4.79 Å². The predicted octanol–water partition coefficient (Wildman–Crippen LogP) is 9.52. The van der Waals surface area contributed by atoms with E-state index in [4.69, 9.17) is 28.9 Å². The van der Waals surface area contributed by atoms with Gasteiger partial charge in [0.15, 0.2) is 11.6 Å². The van der Waals surface area contributed by atoms with Crippen molar-refractivity contribution in [1.82, 2.24) is 25.4 Å². The second-order valence-corrected chi connectivity index (χ2v) is 28.9. The average molecular weight is 1230 g/mol. The number of ketones is 2. The molecule has 476 valence electrons. The zero-order chi connectivity index (χ0) is 62.1. The van der Waals surface area contributed by atoms with Gasteiger partial charge < -0.3 is 49.6 Å². The van der Waals surface area contributed by atoms with E-state index < -0.39 is 11.5 Å². The zero-order valence-corrected chi connectivity index (χ0v) is 54.5. The van der Waals surface area contributed by atoms with Crippen LogP contribution in [0.1, 0.15) is 157 Å². The van der Waals surface area contributed by atoms with E-state index in [0.29, 0.717) is 89.7 Å². The largest absolute Gasteiger partial charge is 0.415 e. The summed E-state index contributed by atoms with van der Waals surface area (Å²) in [6.45, 7) is 20.6. The van der Waals surface area contributed by atoms with Gasteiger partial charge in [-0.1, -0.05) is 47.5 Å². The molecule has 4 N–H and O–H groups in total. The minimum atomic E-state index is -0.921. The van der Waals surface area contributed by atoms with Crippen LogP contribution in [-0.2, 0) is 38.2 Å². The predicted molar refractivity (Wildman–Crippen MR) is 336 cm³/mol. The highest BCUT2D eigenvalue weighted by Gasteiger charge is 2.63. The molecule has 0 saturated heterocycles. The van der Waals surface area contributed by atoms with Crippen molar-refractivity contribution < 1.29 is 57.9 Å². The number of carbonyl (C=O) groups excluding carboxylic acids is 6. The normalized spacial score (nSPS) is 27.8. The van der Waals surface area contributed by atoms with Gasteiger partial charge in [0.2, 0.25) is 17.7 Å². The second-order valence-electron chi connectivity index (χ2n) is 26.8. The van der Waals surface area contributed by atoms with Crippen LogP contribution in [0.3, 0.4) is 0 Å². The molecule has 4 amide bonds. The maximum absolute atomic E-state index is 13.8. The highest BCUT2D eigenvalue weighted by Crippen LogP contribution is 2.68. The number of aromatic nitrogens is 1. The fourth-order valence-corrected chi connectivity index (χ4v) is 17.7. The van der Waals surface area contributed by atoms with Crippen molar-refractivity contribution >= 4 is 73.7 Å². The average Bonchev–Trinajstić information content (AvgIpc) is 1.31. The maximum atomic E-state index is 13.8. The molecule has 6 aliphatic rings. The molecule has 1 aromatic heterocycles. The number of fused-ring (bicyclic) bond motifs is 6. The molecule has 2 heterocycles. The number of unbranched alkanes of at least 4 members (excludes halogenated alkanes) is 1. The van der Waals surface area contributed by atoms with Gasteiger partial charge in [0.1, 0.15) is 15.8 Å². The van der Waals surface area contributed by atoms with E-state index in [1.165, 1.54) is 46.8 Å². The SMILES string of the molecule is CC1=C(C)C(=O)C(C(C)(C)CC(=O)N(C)CCN(CCOCCOCCOCCC(=O)NCCNC(=O)CCCC[C@H](C)[C@@H]2CC[C@@H]3[C@@H]4[C@@H](CC[C@]32C)[C@]2(C)CC[C@H](O)C[C@@H]2C[C@@H]4O)C(=O)Oc2ccc3nc(C4=NC(C)CS4)sc3c2)=C(C)C1=O. The first-order valence-corrected chi connectivity index (χ1v) is 33.6. The number of aliphatic hydroxyl groups is 2. The first kappa shape index (κ1) is 67.4. The quantitative estimate of drug-likeness (QED) is 0.0439. The topological polar surface area (TPSA) is 236 Å². The Morgan fingerprint density at radius 3 is 2.17 bits per heavy atom. The first-order valence-electron chi connectivity index (χ1n) is 31.8. The van der Waals surface area contributed by atoms with Crippen LogP contribution in [0.15, 0.2) is 45.5 Å². The van der Waals surface area contributed by atoms with Crippen LogP contribution >= 0.6 is 23.1 Å². The lowest BCUT2D eigenvalue weighted by Gasteiger charge is -2.62. The van der Waals surface area contributed by atoms with Gasteiger partial charge >= 0.3 is 6.09 Å². The summed E-state index contributed by atoms with van der Waals surface area (Å²) >= 11 is 3.17. The molecule has 11 atom stereocenters. The zero-order valence-electron chi connectivity index (χ0n) is 52.9. The molecular formula is C66H98N6O12S2. The van der Waals surface area contributed by atoms with Crippen molar-refractivity contribution in [3.8, 4) is 5.75 Å². The van der Waals surface area contributed by atoms with Crippen molar-refractivity contribution in [2.75, 3.05) is 85.2 Å². The third-order valence-corrected chi connectivity index (χ3v) is 23.0. The van der Waals surface area contributed by atoms with E-state index in [1.54, 1.807) is 65.6 Å². The van der Waals surface area contributed by atoms with Crippen molar-refractivity contribution in [2.24, 2.45) is 56.7 Å². The lowest BCUT2D eigenvalue weighted by atomic mass is 9.43. The van der Waals surface area contributed by atoms with Gasteiger partial charge in [-0.05, 0) is 144 Å². The highest BCUT2D eigenvalue weighted by molar-refractivity contribution is 8.15. The Labute approximate surface area is 518 Å². The minimum Gasteiger partial charge on any atom is -0.410 e. The van der Waals surface area contributed by atoms with E-state index in [2.05, 4.69) is 38.3 Å². The Kier molecular flexibility index (Phi) is 23.4. The Morgan fingerprint density at radius 2 is 1.47 bits per heavy atom. The maximum Gasteiger partial charge on any atom is 0.415 e. The number of hydrogen-bond donors (Lipinski definition) is 4. The number of Topliss-reactive ketones (excluding diaryl/α,β-unsaturated/α-hetero) is 2. The molecule has 5 aliphatic carbocycles. The number of rotatable bonds is 29. The van der Waals surface area contributed by atoms with Gasteiger partial charge in [-0.15, -0.1) is 23.1 Å². The Balaban J connectivity index is 0.678. The summed E-state index contributed by atoms with van der Waals surface area (Å²) in [7, 11) is 1.64. The number of hydrogen-bond acceptors (Lipinski definition) is 16. The summed E-state index contributed by atoms with van der Waals surface area (Å²) in [4.78, 5) is 91.5. The number of amides is 4. The molecule has 0 radical (unpaired) electrons. The van der Waals surface area contributed by atoms with Crippen molar-refractivity contribution in [3.05, 3.63) is 45.5 Å². The van der Waals surface area contributed by atoms with Crippen molar-refractivity contribution in [2.45, 2.75) is 170 Å². The first-order chi connectivity index (χ1) is 40.9. The number of benzene rings is 1. The summed E-state index contributed by atoms with van der Waals surface area (Å²) in [5, 5.41) is 29.6. The van der Waals surface area contributed by atoms with Gasteiger partial charge in [-0.2, -0.15) is 0 Å². The fourth-order valence-electron chi connectivity index (χ4n) is 15.6. The summed E-state index contributed by atoms with van der Waals surface area (Å²) in [5.41, 5.74) is 1.87. The van der Waals surface area contributed by atoms with Crippen LogP contribution in [0, 0.1) is 51.8 Å². The number of thiazole rings is 1. The molecule has 18 nitrogen and oxygen atoms in total. The Morgan fingerprint density at radius 1 is 0.802 bits per heavy atom. The van der Waals surface area contributed by atoms with Gasteiger partial charge in [-0.25, -0.2) is 9.78 Å². The van der Waals surface area contributed by atoms with Crippen LogP contribution < -0.4 is 15.4 Å². The van der Waals surface area contributed by atoms with Crippen molar-refractivity contribution in [3.63, 3.8) is 0 Å². The lowest BCUT2D eigenvalue weighted by molar-refractivity contribution is -0.174. The number of nitrogens with zero attached hydrogens (tertiary/aromatic N) is 4. The lowest BCUT2D eigenvalue weighted by Crippen LogP contribution is -2.58. The Bertz CT molecular complexity index is 2870. The number of carbonyl (C=O) groups is 6. The number of thioether (sulfide) groups is 1. The minimum absolute atomic E-state index is 0.000560. The summed E-state index contributed by atoms with van der Waals surface area (Å²) < 4.78 is 23.9. The number of aliphatic hydroxyl groups excluding tert-OH is 2. The highest BCUT2D eigenvalue weighted by atomic mass is 32.2. The molecule has 8 rings (SSSR count). The second kappa shape index (κ2) is 29.8. The number of ether oxygens (including phenoxy) is 4. The molecule has 2 aromatic rings. The van der Waals surface area contributed by atoms with Gasteiger partial charge in [-0.3, -0.25) is 29.0 Å². The van der Waals surface area contributed by atoms with Gasteiger partial charge in [0.05, 0.1) is 68.1 Å². The summed E-state index contributed by atoms with van der Waals surface area (Å²) in [6, 6.07) is 5.54. The summed E-state index contributed by atoms with van der Waals surface area (Å²) in [5.74, 6) is 3.57. The number of aliphatic imine (C=N–C) groups is 1. The number of nitrogens with one attached hydrogen (secondary N) is 2. The van der Waals surface area contributed by atoms with E-state index in [1.807, 2.05) is 6.07 Å². The molecule has 1 unspecified atom stereocenters. The number of likely N-dealkylation sites (N-methyl/N-ethyl adjacent to an activating group) is 1. The molecule has 20 heteroatoms. The molecule has 0 spiro atoms. The monoisotopic (exact) mass is 1230 g/mol. The smallest absolute Gasteiger partial charge is 0.410 e.